The van der Waals surface area contributed by atoms with Gasteiger partial charge < -0.3 is 5.32 Å². The maximum absolute atomic E-state index is 6.14. The number of aryl methyl sites for hydroxylation is 1. The predicted molar refractivity (Wildman–Crippen MR) is 79.4 cm³/mol. The minimum Gasteiger partial charge on any atom is -0.361 e. The topological polar surface area (TPSA) is 68.0 Å². The fourth-order valence-electron chi connectivity index (χ4n) is 1.90. The second kappa shape index (κ2) is 4.99. The van der Waals surface area contributed by atoms with Gasteiger partial charge >= 0.3 is 0 Å². The molecule has 20 heavy (non-hydrogen) atoms. The Kier molecular flexibility index (Phi) is 3.31. The molecule has 0 fully saturated rings. The Morgan fingerprint density at radius 3 is 2.85 bits per heavy atom. The Morgan fingerprint density at radius 2 is 2.15 bits per heavy atom. The maximum atomic E-state index is 6.14. The van der Waals surface area contributed by atoms with Crippen molar-refractivity contribution in [3.63, 3.8) is 0 Å². The minimum absolute atomic E-state index is 0.0540. The van der Waals surface area contributed by atoms with E-state index in [0.717, 1.165) is 22.1 Å². The predicted octanol–water partition coefficient (Wildman–Crippen LogP) is 3.02. The molecule has 6 nitrogen and oxygen atoms in total. The SMILES string of the molecule is Cc1csc(C(C)Nc2c(C)c(Cl)nc3ncnn23)n1. The van der Waals surface area contributed by atoms with Gasteiger partial charge in [0.15, 0.2) is 0 Å². The van der Waals surface area contributed by atoms with Crippen LogP contribution in [0.1, 0.15) is 29.2 Å². The molecular formula is C12H13ClN6S. The molecule has 104 valence electrons. The first kappa shape index (κ1) is 13.3. The Bertz CT molecular complexity index is 764. The largest absolute Gasteiger partial charge is 0.361 e. The first-order valence-electron chi connectivity index (χ1n) is 6.10. The smallest absolute Gasteiger partial charge is 0.255 e. The van der Waals surface area contributed by atoms with E-state index in [4.69, 9.17) is 11.6 Å². The van der Waals surface area contributed by atoms with Gasteiger partial charge in [0.05, 0.1) is 6.04 Å². The van der Waals surface area contributed by atoms with Crippen LogP contribution in [0, 0.1) is 13.8 Å². The van der Waals surface area contributed by atoms with Crippen molar-refractivity contribution in [1.29, 1.82) is 0 Å². The standard InChI is InChI=1S/C12H13ClN6S/c1-6-4-20-11(16-6)8(3)17-10-7(2)9(13)18-12-14-5-15-19(10)12/h4-5,8,17H,1-3H3. The summed E-state index contributed by atoms with van der Waals surface area (Å²) in [6, 6.07) is 0.0540. The number of halogens is 1. The van der Waals surface area contributed by atoms with Crippen LogP contribution in [0.3, 0.4) is 0 Å². The molecule has 0 aliphatic carbocycles. The van der Waals surface area contributed by atoms with Crippen LogP contribution in [0.15, 0.2) is 11.7 Å². The Balaban J connectivity index is 2.01. The fraction of sp³-hybridized carbons (Fsp3) is 0.333. The van der Waals surface area contributed by atoms with Crippen LogP contribution in [0.4, 0.5) is 5.82 Å². The number of hydrogen-bond donors (Lipinski definition) is 1. The molecule has 0 aliphatic rings. The number of thiazole rings is 1. The molecule has 1 N–H and O–H groups in total. The Hall–Kier alpha value is -1.73. The number of fused-ring (bicyclic) bond motifs is 1. The zero-order valence-corrected chi connectivity index (χ0v) is 12.8. The summed E-state index contributed by atoms with van der Waals surface area (Å²) in [7, 11) is 0. The fourth-order valence-corrected chi connectivity index (χ4v) is 2.87. The average Bonchev–Trinajstić information content (AvgIpc) is 3.03. The zero-order chi connectivity index (χ0) is 14.3. The van der Waals surface area contributed by atoms with Crippen molar-refractivity contribution in [2.45, 2.75) is 26.8 Å². The third-order valence-corrected chi connectivity index (χ3v) is 4.48. The quantitative estimate of drug-likeness (QED) is 0.753. The summed E-state index contributed by atoms with van der Waals surface area (Å²) in [4.78, 5) is 12.7. The summed E-state index contributed by atoms with van der Waals surface area (Å²) < 4.78 is 1.65. The number of aromatic nitrogens is 5. The Morgan fingerprint density at radius 1 is 1.35 bits per heavy atom. The second-order valence-electron chi connectivity index (χ2n) is 4.54. The molecule has 0 amide bonds. The van der Waals surface area contributed by atoms with E-state index in [1.807, 2.05) is 19.2 Å². The van der Waals surface area contributed by atoms with Gasteiger partial charge in [0, 0.05) is 16.6 Å². The number of rotatable bonds is 3. The lowest BCUT2D eigenvalue weighted by atomic mass is 10.3. The molecule has 3 aromatic heterocycles. The second-order valence-corrected chi connectivity index (χ2v) is 5.79. The highest BCUT2D eigenvalue weighted by atomic mass is 35.5. The summed E-state index contributed by atoms with van der Waals surface area (Å²) in [6.07, 6.45) is 1.46. The van der Waals surface area contributed by atoms with Crippen LogP contribution < -0.4 is 5.32 Å². The van der Waals surface area contributed by atoms with E-state index in [0.29, 0.717) is 10.9 Å². The molecule has 0 saturated heterocycles. The highest BCUT2D eigenvalue weighted by Gasteiger charge is 2.16. The van der Waals surface area contributed by atoms with Gasteiger partial charge in [-0.1, -0.05) is 11.6 Å². The van der Waals surface area contributed by atoms with Gasteiger partial charge in [-0.3, -0.25) is 0 Å². The summed E-state index contributed by atoms with van der Waals surface area (Å²) >= 11 is 7.76. The van der Waals surface area contributed by atoms with Crippen LogP contribution in [0.5, 0.6) is 0 Å². The van der Waals surface area contributed by atoms with E-state index in [1.54, 1.807) is 15.9 Å². The lowest BCUT2D eigenvalue weighted by Gasteiger charge is -2.16. The van der Waals surface area contributed by atoms with E-state index in [9.17, 15) is 0 Å². The number of anilines is 1. The van der Waals surface area contributed by atoms with E-state index in [1.165, 1.54) is 6.33 Å². The number of hydrogen-bond acceptors (Lipinski definition) is 6. The summed E-state index contributed by atoms with van der Waals surface area (Å²) in [5, 5.41) is 11.0. The van der Waals surface area contributed by atoms with Crippen molar-refractivity contribution in [3.8, 4) is 0 Å². The molecule has 0 bridgehead atoms. The number of nitrogens with zero attached hydrogens (tertiary/aromatic N) is 5. The van der Waals surface area contributed by atoms with Crippen molar-refractivity contribution < 1.29 is 0 Å². The van der Waals surface area contributed by atoms with Crippen molar-refractivity contribution in [3.05, 3.63) is 33.1 Å². The zero-order valence-electron chi connectivity index (χ0n) is 11.3. The molecule has 3 rings (SSSR count). The molecule has 0 radical (unpaired) electrons. The minimum atomic E-state index is 0.0540. The lowest BCUT2D eigenvalue weighted by molar-refractivity contribution is 0.823. The molecule has 0 aliphatic heterocycles. The molecule has 3 heterocycles. The highest BCUT2D eigenvalue weighted by molar-refractivity contribution is 7.09. The van der Waals surface area contributed by atoms with Crippen molar-refractivity contribution in [2.24, 2.45) is 0 Å². The first-order chi connectivity index (χ1) is 9.56. The van der Waals surface area contributed by atoms with Crippen LogP contribution in [-0.4, -0.2) is 24.6 Å². The van der Waals surface area contributed by atoms with Crippen molar-refractivity contribution >= 4 is 34.5 Å². The normalized spacial score (nSPS) is 12.8. The number of nitrogens with one attached hydrogen (secondary N) is 1. The summed E-state index contributed by atoms with van der Waals surface area (Å²) in [6.45, 7) is 5.93. The van der Waals surface area contributed by atoms with Gasteiger partial charge in [-0.15, -0.1) is 11.3 Å². The third-order valence-electron chi connectivity index (χ3n) is 2.96. The van der Waals surface area contributed by atoms with Gasteiger partial charge in [0.1, 0.15) is 22.3 Å². The third kappa shape index (κ3) is 2.23. The molecule has 8 heteroatoms. The molecule has 1 unspecified atom stereocenters. The maximum Gasteiger partial charge on any atom is 0.255 e. The molecule has 0 aromatic carbocycles. The average molecular weight is 309 g/mol. The van der Waals surface area contributed by atoms with Crippen LogP contribution >= 0.6 is 22.9 Å². The van der Waals surface area contributed by atoms with Gasteiger partial charge in [0.25, 0.3) is 5.78 Å². The molecule has 0 saturated carbocycles. The molecular weight excluding hydrogens is 296 g/mol. The van der Waals surface area contributed by atoms with E-state index >= 15 is 0 Å². The van der Waals surface area contributed by atoms with Gasteiger partial charge in [0.2, 0.25) is 0 Å². The van der Waals surface area contributed by atoms with Crippen LogP contribution in [0.25, 0.3) is 5.78 Å². The summed E-state index contributed by atoms with van der Waals surface area (Å²) in [5.74, 6) is 1.27. The first-order valence-corrected chi connectivity index (χ1v) is 7.36. The van der Waals surface area contributed by atoms with Gasteiger partial charge in [-0.2, -0.15) is 19.6 Å². The molecule has 0 spiro atoms. The van der Waals surface area contributed by atoms with E-state index in [2.05, 4.69) is 32.3 Å². The van der Waals surface area contributed by atoms with E-state index < -0.39 is 0 Å². The van der Waals surface area contributed by atoms with Crippen molar-refractivity contribution in [1.82, 2.24) is 24.6 Å². The van der Waals surface area contributed by atoms with Gasteiger partial charge in [-0.25, -0.2) is 4.98 Å². The lowest BCUT2D eigenvalue weighted by Crippen LogP contribution is -2.12. The highest BCUT2D eigenvalue weighted by Crippen LogP contribution is 2.27. The van der Waals surface area contributed by atoms with E-state index in [-0.39, 0.29) is 6.04 Å². The Labute approximate surface area is 124 Å². The van der Waals surface area contributed by atoms with Crippen LogP contribution in [-0.2, 0) is 0 Å². The monoisotopic (exact) mass is 308 g/mol. The molecule has 3 aromatic rings. The van der Waals surface area contributed by atoms with Gasteiger partial charge in [-0.05, 0) is 20.8 Å². The van der Waals surface area contributed by atoms with Crippen molar-refractivity contribution in [2.75, 3.05) is 5.32 Å². The van der Waals surface area contributed by atoms with Crippen LogP contribution in [0.2, 0.25) is 5.15 Å². The summed E-state index contributed by atoms with van der Waals surface area (Å²) in [5.41, 5.74) is 1.86. The molecule has 1 atom stereocenters.